The minimum Gasteiger partial charge on any atom is -0.393 e. The number of anilines is 2. The lowest BCUT2D eigenvalue weighted by atomic mass is 10.2. The highest BCUT2D eigenvalue weighted by atomic mass is 32.1. The Labute approximate surface area is 143 Å². The van der Waals surface area contributed by atoms with Crippen molar-refractivity contribution in [3.8, 4) is 0 Å². The van der Waals surface area contributed by atoms with Gasteiger partial charge in [0.2, 0.25) is 0 Å². The summed E-state index contributed by atoms with van der Waals surface area (Å²) in [4.78, 5) is 15.1. The van der Waals surface area contributed by atoms with Crippen LogP contribution in [0.25, 0.3) is 15.8 Å². The van der Waals surface area contributed by atoms with Crippen LogP contribution >= 0.6 is 11.3 Å². The molecule has 3 heterocycles. The maximum Gasteiger partial charge on any atom is 0.169 e. The van der Waals surface area contributed by atoms with E-state index in [9.17, 15) is 0 Å². The van der Waals surface area contributed by atoms with Gasteiger partial charge in [0.1, 0.15) is 4.83 Å². The average Bonchev–Trinajstić information content (AvgIpc) is 3.02. The zero-order valence-electron chi connectivity index (χ0n) is 13.1. The van der Waals surface area contributed by atoms with Crippen molar-refractivity contribution in [3.63, 3.8) is 0 Å². The van der Waals surface area contributed by atoms with Crippen LogP contribution in [0.4, 0.5) is 11.6 Å². The van der Waals surface area contributed by atoms with E-state index in [0.717, 1.165) is 15.1 Å². The van der Waals surface area contributed by atoms with E-state index in [1.165, 1.54) is 6.21 Å². The van der Waals surface area contributed by atoms with E-state index in [0.29, 0.717) is 29.4 Å². The third-order valence-corrected chi connectivity index (χ3v) is 4.39. The lowest BCUT2D eigenvalue weighted by molar-refractivity contribution is 1.08. The molecule has 0 spiro atoms. The molecular formula is C16H17N7S. The highest BCUT2D eigenvalue weighted by Gasteiger charge is 2.08. The number of fused-ring (bicyclic) bond motifs is 1. The molecule has 0 aliphatic heterocycles. The normalized spacial score (nSPS) is 11.5. The number of nitrogen functional groups attached to an aromatic ring is 1. The number of allylic oxidation sites excluding steroid dienone is 1. The zero-order chi connectivity index (χ0) is 16.9. The van der Waals surface area contributed by atoms with Crippen molar-refractivity contribution >= 4 is 45.0 Å². The first-order valence-corrected chi connectivity index (χ1v) is 8.11. The summed E-state index contributed by atoms with van der Waals surface area (Å²) < 4.78 is 0. The molecule has 0 radical (unpaired) electrons. The maximum absolute atomic E-state index is 7.47. The van der Waals surface area contributed by atoms with Crippen LogP contribution in [0.1, 0.15) is 10.6 Å². The summed E-state index contributed by atoms with van der Waals surface area (Å²) >= 11 is 1.63. The van der Waals surface area contributed by atoms with E-state index in [1.54, 1.807) is 37.0 Å². The lowest BCUT2D eigenvalue weighted by Gasteiger charge is -2.09. The number of nitrogens with one attached hydrogen (secondary N) is 3. The molecule has 5 N–H and O–H groups in total. The minimum absolute atomic E-state index is 0.326. The topological polar surface area (TPSA) is 113 Å². The summed E-state index contributed by atoms with van der Waals surface area (Å²) in [7, 11) is 1.77. The van der Waals surface area contributed by atoms with Gasteiger partial charge in [-0.25, -0.2) is 15.0 Å². The number of nitrogens with two attached hydrogens (primary N) is 1. The summed E-state index contributed by atoms with van der Waals surface area (Å²) in [5, 5.41) is 14.7. The number of rotatable bonds is 6. The first-order chi connectivity index (χ1) is 11.7. The van der Waals surface area contributed by atoms with Gasteiger partial charge in [0, 0.05) is 41.5 Å². The van der Waals surface area contributed by atoms with E-state index in [4.69, 9.17) is 11.1 Å². The molecule has 0 aliphatic rings. The fourth-order valence-corrected chi connectivity index (χ4v) is 3.13. The van der Waals surface area contributed by atoms with Crippen LogP contribution in [0.5, 0.6) is 0 Å². The Morgan fingerprint density at radius 3 is 3.04 bits per heavy atom. The van der Waals surface area contributed by atoms with Crippen LogP contribution in [0, 0.1) is 5.41 Å². The van der Waals surface area contributed by atoms with E-state index >= 15 is 0 Å². The van der Waals surface area contributed by atoms with Crippen molar-refractivity contribution in [2.45, 2.75) is 6.54 Å². The fourth-order valence-electron chi connectivity index (χ4n) is 2.20. The number of pyridine rings is 1. The molecule has 122 valence electrons. The monoisotopic (exact) mass is 339 g/mol. The molecule has 3 rings (SSSR count). The second-order valence-corrected chi connectivity index (χ2v) is 6.10. The van der Waals surface area contributed by atoms with Gasteiger partial charge < -0.3 is 21.8 Å². The van der Waals surface area contributed by atoms with E-state index in [2.05, 4.69) is 31.7 Å². The Morgan fingerprint density at radius 2 is 2.29 bits per heavy atom. The molecule has 0 aromatic carbocycles. The molecule has 0 saturated heterocycles. The number of aromatic nitrogens is 3. The highest BCUT2D eigenvalue weighted by Crippen LogP contribution is 2.24. The first-order valence-electron chi connectivity index (χ1n) is 7.29. The number of hydrogen-bond donors (Lipinski definition) is 4. The third-order valence-electron chi connectivity index (χ3n) is 3.33. The second kappa shape index (κ2) is 7.05. The van der Waals surface area contributed by atoms with Gasteiger partial charge in [-0.05, 0) is 12.1 Å². The minimum atomic E-state index is 0.326. The maximum atomic E-state index is 7.47. The smallest absolute Gasteiger partial charge is 0.169 e. The molecule has 24 heavy (non-hydrogen) atoms. The van der Waals surface area contributed by atoms with Crippen LogP contribution in [-0.4, -0.2) is 28.2 Å². The second-order valence-electron chi connectivity index (χ2n) is 4.99. The number of nitrogens with zero attached hydrogens (tertiary/aromatic N) is 3. The number of thiophene rings is 1. The fraction of sp³-hybridized carbons (Fsp3) is 0.125. The van der Waals surface area contributed by atoms with Gasteiger partial charge >= 0.3 is 0 Å². The van der Waals surface area contributed by atoms with Crippen molar-refractivity contribution in [1.29, 1.82) is 5.41 Å². The zero-order valence-corrected chi connectivity index (χ0v) is 13.9. The van der Waals surface area contributed by atoms with E-state index in [1.807, 2.05) is 12.1 Å². The Balaban J connectivity index is 1.81. The molecule has 0 atom stereocenters. The van der Waals surface area contributed by atoms with Gasteiger partial charge in [0.25, 0.3) is 0 Å². The molecule has 0 aliphatic carbocycles. The third kappa shape index (κ3) is 3.33. The SMILES string of the molecule is CN/C=C(\C=N)c1cnc(N)c(NCc2cc3cccnc3s2)n1. The van der Waals surface area contributed by atoms with Crippen molar-refractivity contribution in [2.75, 3.05) is 18.1 Å². The van der Waals surface area contributed by atoms with E-state index < -0.39 is 0 Å². The van der Waals surface area contributed by atoms with Crippen molar-refractivity contribution < 1.29 is 0 Å². The van der Waals surface area contributed by atoms with Crippen molar-refractivity contribution in [3.05, 3.63) is 47.4 Å². The predicted octanol–water partition coefficient (Wildman–Crippen LogP) is 2.49. The molecule has 0 saturated carbocycles. The van der Waals surface area contributed by atoms with E-state index in [-0.39, 0.29) is 0 Å². The first kappa shape index (κ1) is 15.9. The largest absolute Gasteiger partial charge is 0.393 e. The molecule has 7 nitrogen and oxygen atoms in total. The molecule has 3 aromatic rings. The van der Waals surface area contributed by atoms with Gasteiger partial charge in [0.15, 0.2) is 11.6 Å². The Morgan fingerprint density at radius 1 is 1.42 bits per heavy atom. The predicted molar refractivity (Wildman–Crippen MR) is 99.2 cm³/mol. The molecule has 0 fully saturated rings. The van der Waals surface area contributed by atoms with Crippen LogP contribution in [0.2, 0.25) is 0 Å². The summed E-state index contributed by atoms with van der Waals surface area (Å²) in [5.74, 6) is 0.827. The summed E-state index contributed by atoms with van der Waals surface area (Å²) in [6, 6.07) is 6.06. The number of hydrogen-bond acceptors (Lipinski definition) is 8. The van der Waals surface area contributed by atoms with Gasteiger partial charge in [0.05, 0.1) is 18.4 Å². The van der Waals surface area contributed by atoms with Crippen LogP contribution < -0.4 is 16.4 Å². The summed E-state index contributed by atoms with van der Waals surface area (Å²) in [6.45, 7) is 0.582. The Bertz CT molecular complexity index is 867. The molecule has 3 aromatic heterocycles. The Hall–Kier alpha value is -3.00. The van der Waals surface area contributed by atoms with Crippen LogP contribution in [0.15, 0.2) is 36.8 Å². The summed E-state index contributed by atoms with van der Waals surface area (Å²) in [6.07, 6.45) is 6.25. The van der Waals surface area contributed by atoms with Gasteiger partial charge in [-0.15, -0.1) is 11.3 Å². The quantitative estimate of drug-likeness (QED) is 0.513. The van der Waals surface area contributed by atoms with Crippen LogP contribution in [-0.2, 0) is 6.54 Å². The van der Waals surface area contributed by atoms with Crippen molar-refractivity contribution in [1.82, 2.24) is 20.3 Å². The molecule has 0 bridgehead atoms. The molecule has 0 unspecified atom stereocenters. The highest BCUT2D eigenvalue weighted by molar-refractivity contribution is 7.18. The van der Waals surface area contributed by atoms with Crippen LogP contribution in [0.3, 0.4) is 0 Å². The standard InChI is InChI=1S/C16H17N7S/c1-19-7-11(6-17)13-9-21-14(18)15(23-13)22-8-12-5-10-3-2-4-20-16(10)24-12/h2-7,9,17,19H,8H2,1H3,(H2,18,21)(H,22,23)/b11-7+,17-6?. The summed E-state index contributed by atoms with van der Waals surface area (Å²) in [5.41, 5.74) is 7.11. The molecule has 8 heteroatoms. The van der Waals surface area contributed by atoms with Crippen molar-refractivity contribution in [2.24, 2.45) is 0 Å². The Kier molecular flexibility index (Phi) is 4.66. The van der Waals surface area contributed by atoms with Gasteiger partial charge in [-0.2, -0.15) is 0 Å². The lowest BCUT2D eigenvalue weighted by Crippen LogP contribution is -2.08. The molecule has 0 amide bonds. The van der Waals surface area contributed by atoms with Gasteiger partial charge in [-0.3, -0.25) is 0 Å². The molecular weight excluding hydrogens is 322 g/mol. The van der Waals surface area contributed by atoms with Gasteiger partial charge in [-0.1, -0.05) is 6.07 Å². The average molecular weight is 339 g/mol.